The van der Waals surface area contributed by atoms with Gasteiger partial charge in [-0.25, -0.2) is 4.21 Å². The van der Waals surface area contributed by atoms with Crippen LogP contribution in [0.15, 0.2) is 51.7 Å². The van der Waals surface area contributed by atoms with Crippen LogP contribution < -0.4 is 4.74 Å². The van der Waals surface area contributed by atoms with Gasteiger partial charge in [0.2, 0.25) is 0 Å². The Kier molecular flexibility index (Phi) is 4.45. The molecule has 0 fully saturated rings. The van der Waals surface area contributed by atoms with Gasteiger partial charge in [0.1, 0.15) is 17.7 Å². The van der Waals surface area contributed by atoms with E-state index in [9.17, 15) is 9.00 Å². The molecule has 0 saturated carbocycles. The van der Waals surface area contributed by atoms with Gasteiger partial charge >= 0.3 is 0 Å². The van der Waals surface area contributed by atoms with Gasteiger partial charge < -0.3 is 9.53 Å². The summed E-state index contributed by atoms with van der Waals surface area (Å²) in [6.07, 6.45) is 0.930. The van der Waals surface area contributed by atoms with E-state index in [0.717, 1.165) is 17.4 Å². The minimum atomic E-state index is -2.65. The van der Waals surface area contributed by atoms with Crippen LogP contribution in [0.25, 0.3) is 0 Å². The van der Waals surface area contributed by atoms with Crippen LogP contribution in [-0.4, -0.2) is 23.4 Å². The van der Waals surface area contributed by atoms with Crippen LogP contribution in [0.3, 0.4) is 0 Å². The van der Waals surface area contributed by atoms with Crippen molar-refractivity contribution in [3.63, 3.8) is 0 Å². The van der Waals surface area contributed by atoms with Crippen LogP contribution in [0.2, 0.25) is 0 Å². The molecule has 1 unspecified atom stereocenters. The molecule has 0 aromatic heterocycles. The van der Waals surface area contributed by atoms with E-state index in [1.54, 1.807) is 7.11 Å². The second-order valence-corrected chi connectivity index (χ2v) is 8.49. The van der Waals surface area contributed by atoms with Crippen molar-refractivity contribution in [2.45, 2.75) is 24.7 Å². The van der Waals surface area contributed by atoms with E-state index in [4.69, 9.17) is 4.74 Å². The first-order valence-corrected chi connectivity index (χ1v) is 9.60. The molecule has 0 N–H and O–H groups in total. The van der Waals surface area contributed by atoms with Gasteiger partial charge in [0.15, 0.2) is 0 Å². The van der Waals surface area contributed by atoms with Crippen molar-refractivity contribution in [1.82, 2.24) is 0 Å². The SMILES string of the molecule is COc1cc(C)cc2c1N=S(=O)(c1ccccc1)C[C@@H]2[C@@H](C)C=O. The second-order valence-electron chi connectivity index (χ2n) is 6.22. The number of carbonyl (C=O) groups excluding carboxylic acids is 1. The van der Waals surface area contributed by atoms with Crippen LogP contribution in [0, 0.1) is 12.8 Å². The lowest BCUT2D eigenvalue weighted by Gasteiger charge is -2.29. The summed E-state index contributed by atoms with van der Waals surface area (Å²) < 4.78 is 23.7. The van der Waals surface area contributed by atoms with Gasteiger partial charge in [0.05, 0.1) is 16.8 Å². The lowest BCUT2D eigenvalue weighted by molar-refractivity contribution is -0.111. The fraction of sp³-hybridized carbons (Fsp3) is 0.316. The Hall–Kier alpha value is -2.14. The maximum atomic E-state index is 13.6. The molecule has 1 aliphatic rings. The number of rotatable bonds is 4. The van der Waals surface area contributed by atoms with Gasteiger partial charge in [-0.1, -0.05) is 31.2 Å². The van der Waals surface area contributed by atoms with Crippen LogP contribution in [0.4, 0.5) is 5.69 Å². The number of aryl methyl sites for hydroxylation is 1. The van der Waals surface area contributed by atoms with Gasteiger partial charge in [0.25, 0.3) is 0 Å². The third-order valence-corrected chi connectivity index (χ3v) is 6.77. The molecule has 0 aliphatic carbocycles. The summed E-state index contributed by atoms with van der Waals surface area (Å²) in [5.41, 5.74) is 2.60. The van der Waals surface area contributed by atoms with E-state index in [0.29, 0.717) is 22.1 Å². The molecule has 24 heavy (non-hydrogen) atoms. The molecule has 2 aromatic rings. The number of ether oxygens (including phenoxy) is 1. The monoisotopic (exact) mass is 343 g/mol. The van der Waals surface area contributed by atoms with Crippen molar-refractivity contribution in [2.24, 2.45) is 10.3 Å². The number of hydrogen-bond donors (Lipinski definition) is 0. The average Bonchev–Trinajstić information content (AvgIpc) is 2.61. The van der Waals surface area contributed by atoms with Gasteiger partial charge in [-0.2, -0.15) is 4.36 Å². The largest absolute Gasteiger partial charge is 0.494 e. The first kappa shape index (κ1) is 16.7. The minimum Gasteiger partial charge on any atom is -0.494 e. The Morgan fingerprint density at radius 3 is 2.62 bits per heavy atom. The maximum absolute atomic E-state index is 13.6. The highest BCUT2D eigenvalue weighted by Crippen LogP contribution is 2.45. The van der Waals surface area contributed by atoms with Crippen LogP contribution in [0.1, 0.15) is 24.0 Å². The zero-order valence-corrected chi connectivity index (χ0v) is 14.9. The smallest absolute Gasteiger partial charge is 0.145 e. The molecule has 4 nitrogen and oxygen atoms in total. The molecular weight excluding hydrogens is 322 g/mol. The summed E-state index contributed by atoms with van der Waals surface area (Å²) in [6.45, 7) is 3.85. The fourth-order valence-electron chi connectivity index (χ4n) is 3.14. The molecule has 0 saturated heterocycles. The first-order chi connectivity index (χ1) is 11.5. The molecule has 3 rings (SSSR count). The number of fused-ring (bicyclic) bond motifs is 1. The van der Waals surface area contributed by atoms with Crippen molar-refractivity contribution in [2.75, 3.05) is 12.9 Å². The lowest BCUT2D eigenvalue weighted by Crippen LogP contribution is -2.24. The summed E-state index contributed by atoms with van der Waals surface area (Å²) in [6, 6.07) is 13.2. The van der Waals surface area contributed by atoms with Crippen molar-refractivity contribution < 1.29 is 13.7 Å². The molecule has 1 heterocycles. The molecule has 0 spiro atoms. The Labute approximate surface area is 143 Å². The normalized spacial score (nSPS) is 23.7. The number of methoxy groups -OCH3 is 1. The number of carbonyl (C=O) groups is 1. The summed E-state index contributed by atoms with van der Waals surface area (Å²) in [7, 11) is -1.06. The number of hydrogen-bond acceptors (Lipinski definition) is 4. The van der Waals surface area contributed by atoms with Crippen LogP contribution in [0.5, 0.6) is 5.75 Å². The van der Waals surface area contributed by atoms with Crippen LogP contribution >= 0.6 is 0 Å². The summed E-state index contributed by atoms with van der Waals surface area (Å²) >= 11 is 0. The minimum absolute atomic E-state index is 0.142. The van der Waals surface area contributed by atoms with Gasteiger partial charge in [-0.15, -0.1) is 0 Å². The summed E-state index contributed by atoms with van der Waals surface area (Å²) in [4.78, 5) is 12.1. The highest BCUT2D eigenvalue weighted by Gasteiger charge is 2.33. The number of aldehydes is 1. The van der Waals surface area contributed by atoms with E-state index >= 15 is 0 Å². The molecule has 0 amide bonds. The maximum Gasteiger partial charge on any atom is 0.145 e. The Morgan fingerprint density at radius 2 is 2.00 bits per heavy atom. The Bertz CT molecular complexity index is 883. The first-order valence-electron chi connectivity index (χ1n) is 7.92. The molecular formula is C19H21NO3S. The van der Waals surface area contributed by atoms with E-state index < -0.39 is 9.73 Å². The summed E-state index contributed by atoms with van der Waals surface area (Å²) in [5, 5.41) is 0. The zero-order valence-electron chi connectivity index (χ0n) is 14.1. The Morgan fingerprint density at radius 1 is 1.29 bits per heavy atom. The zero-order chi connectivity index (χ0) is 17.3. The molecule has 1 aliphatic heterocycles. The predicted octanol–water partition coefficient (Wildman–Crippen LogP) is 4.09. The molecule has 0 radical (unpaired) electrons. The molecule has 126 valence electrons. The number of benzene rings is 2. The highest BCUT2D eigenvalue weighted by atomic mass is 32.2. The topological polar surface area (TPSA) is 55.7 Å². The van der Waals surface area contributed by atoms with Crippen molar-refractivity contribution in [1.29, 1.82) is 0 Å². The van der Waals surface area contributed by atoms with E-state index in [2.05, 4.69) is 4.36 Å². The highest BCUT2D eigenvalue weighted by molar-refractivity contribution is 7.93. The fourth-order valence-corrected chi connectivity index (χ4v) is 5.55. The van der Waals surface area contributed by atoms with E-state index in [-0.39, 0.29) is 11.8 Å². The van der Waals surface area contributed by atoms with Crippen LogP contribution in [-0.2, 0) is 14.5 Å². The van der Waals surface area contributed by atoms with Gasteiger partial charge in [0, 0.05) is 22.5 Å². The number of nitrogens with zero attached hydrogens (tertiary/aromatic N) is 1. The van der Waals surface area contributed by atoms with Gasteiger partial charge in [-0.05, 0) is 36.2 Å². The summed E-state index contributed by atoms with van der Waals surface area (Å²) in [5.74, 6) is 0.569. The van der Waals surface area contributed by atoms with E-state index in [1.807, 2.05) is 56.3 Å². The quantitative estimate of drug-likeness (QED) is 0.786. The molecule has 5 heteroatoms. The molecule has 2 aromatic carbocycles. The third-order valence-electron chi connectivity index (χ3n) is 4.47. The third kappa shape index (κ3) is 2.84. The molecule has 3 atom stereocenters. The Balaban J connectivity index is 2.30. The molecule has 0 bridgehead atoms. The van der Waals surface area contributed by atoms with Gasteiger partial charge in [-0.3, -0.25) is 0 Å². The average molecular weight is 343 g/mol. The predicted molar refractivity (Wildman–Crippen MR) is 95.5 cm³/mol. The standard InChI is InChI=1S/C19H21NO3S/c1-13-9-16-17(14(2)11-21)12-24(22,15-7-5-4-6-8-15)20-19(16)18(10-13)23-3/h4-11,14,17H,12H2,1-3H3/t14-,17+,24?/m0/s1. The lowest BCUT2D eigenvalue weighted by atomic mass is 9.87. The second kappa shape index (κ2) is 6.40. The van der Waals surface area contributed by atoms with Crippen molar-refractivity contribution in [3.8, 4) is 5.75 Å². The van der Waals surface area contributed by atoms with Crippen molar-refractivity contribution in [3.05, 3.63) is 53.6 Å². The van der Waals surface area contributed by atoms with E-state index in [1.165, 1.54) is 0 Å². The van der Waals surface area contributed by atoms with Crippen molar-refractivity contribution >= 4 is 21.7 Å².